The first kappa shape index (κ1) is 13.6. The molecule has 0 aromatic carbocycles. The maximum Gasteiger partial charge on any atom is 0.417 e. The molecule has 0 atom stereocenters. The monoisotopic (exact) mass is 290 g/mol. The molecule has 2 aromatic rings. The van der Waals surface area contributed by atoms with Crippen LogP contribution >= 0.6 is 11.3 Å². The lowest BCUT2D eigenvalue weighted by Crippen LogP contribution is -2.12. The first-order valence-electron chi connectivity index (χ1n) is 5.10. The van der Waals surface area contributed by atoms with E-state index in [2.05, 4.69) is 5.10 Å². The number of nitrogens with zero attached hydrogens (tertiary/aromatic N) is 2. The quantitative estimate of drug-likeness (QED) is 0.816. The Bertz CT molecular complexity index is 616. The molecule has 8 heteroatoms. The largest absolute Gasteiger partial charge is 0.481 e. The molecule has 0 saturated heterocycles. The molecule has 0 aliphatic rings. The Morgan fingerprint density at radius 3 is 2.63 bits per heavy atom. The minimum Gasteiger partial charge on any atom is -0.481 e. The number of carbonyl (C=O) groups excluding carboxylic acids is 1. The average molecular weight is 290 g/mol. The van der Waals surface area contributed by atoms with Gasteiger partial charge in [0.15, 0.2) is 0 Å². The number of methoxy groups -OCH3 is 1. The first-order chi connectivity index (χ1) is 8.84. The average Bonchev–Trinajstić information content (AvgIpc) is 2.93. The minimum absolute atomic E-state index is 0.0803. The molecular weight excluding hydrogens is 281 g/mol. The van der Waals surface area contributed by atoms with Crippen molar-refractivity contribution < 1.29 is 22.7 Å². The summed E-state index contributed by atoms with van der Waals surface area (Å²) in [6.07, 6.45) is -4.55. The van der Waals surface area contributed by atoms with Crippen molar-refractivity contribution >= 4 is 17.1 Å². The molecule has 0 aliphatic heterocycles. The summed E-state index contributed by atoms with van der Waals surface area (Å²) >= 11 is 0.826. The molecule has 2 rings (SSSR count). The summed E-state index contributed by atoms with van der Waals surface area (Å²) in [4.78, 5) is 12.0. The summed E-state index contributed by atoms with van der Waals surface area (Å²) in [6.45, 7) is 0. The topological polar surface area (TPSA) is 44.1 Å². The number of rotatable bonds is 3. The third kappa shape index (κ3) is 2.48. The summed E-state index contributed by atoms with van der Waals surface area (Å²) < 4.78 is 44.3. The van der Waals surface area contributed by atoms with E-state index in [1.54, 1.807) is 0 Å². The lowest BCUT2D eigenvalue weighted by atomic mass is 10.1. The van der Waals surface area contributed by atoms with Crippen molar-refractivity contribution in [3.05, 3.63) is 33.6 Å². The SMILES string of the molecule is COc1cc(C(=O)c2cscc2C(F)(F)F)nn1C. The molecule has 0 spiro atoms. The van der Waals surface area contributed by atoms with E-state index in [1.165, 1.54) is 30.3 Å². The van der Waals surface area contributed by atoms with Crippen LogP contribution in [0.15, 0.2) is 16.8 Å². The molecule has 0 fully saturated rings. The van der Waals surface area contributed by atoms with E-state index in [9.17, 15) is 18.0 Å². The van der Waals surface area contributed by atoms with Crippen LogP contribution in [-0.4, -0.2) is 22.7 Å². The van der Waals surface area contributed by atoms with Crippen molar-refractivity contribution in [2.45, 2.75) is 6.18 Å². The molecule has 0 saturated carbocycles. The number of carbonyl (C=O) groups is 1. The third-order valence-corrected chi connectivity index (χ3v) is 3.23. The standard InChI is InChI=1S/C11H9F3N2O2S/c1-16-9(18-2)3-8(15-16)10(17)6-4-19-5-7(6)11(12,13)14/h3-5H,1-2H3. The molecule has 0 bridgehead atoms. The van der Waals surface area contributed by atoms with Gasteiger partial charge in [-0.15, -0.1) is 0 Å². The highest BCUT2D eigenvalue weighted by Gasteiger charge is 2.36. The summed E-state index contributed by atoms with van der Waals surface area (Å²) in [7, 11) is 2.92. The fourth-order valence-corrected chi connectivity index (χ4v) is 2.42. The van der Waals surface area contributed by atoms with Gasteiger partial charge in [-0.3, -0.25) is 4.79 Å². The second-order valence-electron chi connectivity index (χ2n) is 3.72. The molecule has 2 aromatic heterocycles. The Morgan fingerprint density at radius 1 is 1.42 bits per heavy atom. The van der Waals surface area contributed by atoms with Crippen LogP contribution in [0.4, 0.5) is 13.2 Å². The van der Waals surface area contributed by atoms with Gasteiger partial charge >= 0.3 is 6.18 Å². The number of thiophene rings is 1. The van der Waals surface area contributed by atoms with E-state index in [4.69, 9.17) is 4.74 Å². The van der Waals surface area contributed by atoms with Crippen LogP contribution in [0.5, 0.6) is 5.88 Å². The molecule has 0 unspecified atom stereocenters. The molecule has 0 aliphatic carbocycles. The highest BCUT2D eigenvalue weighted by molar-refractivity contribution is 7.08. The predicted octanol–water partition coefficient (Wildman–Crippen LogP) is 2.74. The summed E-state index contributed by atoms with van der Waals surface area (Å²) in [6, 6.07) is 1.31. The Hall–Kier alpha value is -1.83. The van der Waals surface area contributed by atoms with Crippen molar-refractivity contribution in [2.75, 3.05) is 7.11 Å². The van der Waals surface area contributed by atoms with E-state index >= 15 is 0 Å². The van der Waals surface area contributed by atoms with Gasteiger partial charge in [-0.2, -0.15) is 29.6 Å². The molecule has 4 nitrogen and oxygen atoms in total. The number of hydrogen-bond acceptors (Lipinski definition) is 4. The Kier molecular flexibility index (Phi) is 3.36. The van der Waals surface area contributed by atoms with Crippen LogP contribution in [0, 0.1) is 0 Å². The molecule has 19 heavy (non-hydrogen) atoms. The van der Waals surface area contributed by atoms with E-state index in [0.717, 1.165) is 16.7 Å². The molecular formula is C11H9F3N2O2S. The van der Waals surface area contributed by atoms with Gasteiger partial charge in [-0.25, -0.2) is 4.68 Å². The molecule has 2 heterocycles. The van der Waals surface area contributed by atoms with Gasteiger partial charge < -0.3 is 4.74 Å². The zero-order chi connectivity index (χ0) is 14.2. The van der Waals surface area contributed by atoms with E-state index in [1.807, 2.05) is 0 Å². The number of alkyl halides is 3. The van der Waals surface area contributed by atoms with Gasteiger partial charge in [0.1, 0.15) is 5.69 Å². The van der Waals surface area contributed by atoms with Gasteiger partial charge in [0.2, 0.25) is 11.7 Å². The molecule has 0 amide bonds. The van der Waals surface area contributed by atoms with Gasteiger partial charge in [0.05, 0.1) is 12.7 Å². The zero-order valence-corrected chi connectivity index (χ0v) is 10.8. The summed E-state index contributed by atoms with van der Waals surface area (Å²) in [5.74, 6) is -0.473. The Balaban J connectivity index is 2.42. The second kappa shape index (κ2) is 4.69. The van der Waals surface area contributed by atoms with Crippen molar-refractivity contribution in [1.29, 1.82) is 0 Å². The predicted molar refractivity (Wildman–Crippen MR) is 62.5 cm³/mol. The third-order valence-electron chi connectivity index (χ3n) is 2.49. The minimum atomic E-state index is -4.55. The normalized spacial score (nSPS) is 11.6. The number of aromatic nitrogens is 2. The highest BCUT2D eigenvalue weighted by Crippen LogP contribution is 2.35. The zero-order valence-electron chi connectivity index (χ0n) is 9.99. The van der Waals surface area contributed by atoms with E-state index in [-0.39, 0.29) is 5.69 Å². The van der Waals surface area contributed by atoms with Crippen LogP contribution in [0.1, 0.15) is 21.6 Å². The maximum absolute atomic E-state index is 12.7. The number of aryl methyl sites for hydroxylation is 1. The lowest BCUT2D eigenvalue weighted by Gasteiger charge is -2.05. The fraction of sp³-hybridized carbons (Fsp3) is 0.273. The molecule has 102 valence electrons. The maximum atomic E-state index is 12.7. The van der Waals surface area contributed by atoms with Crippen LogP contribution < -0.4 is 4.74 Å². The van der Waals surface area contributed by atoms with Gasteiger partial charge in [-0.05, 0) is 0 Å². The lowest BCUT2D eigenvalue weighted by molar-refractivity contribution is -0.137. The summed E-state index contributed by atoms with van der Waals surface area (Å²) in [5.41, 5.74) is -1.41. The Labute approximate surface area is 110 Å². The molecule has 0 N–H and O–H groups in total. The first-order valence-corrected chi connectivity index (χ1v) is 6.05. The van der Waals surface area contributed by atoms with Crippen LogP contribution in [0.3, 0.4) is 0 Å². The number of hydrogen-bond donors (Lipinski definition) is 0. The van der Waals surface area contributed by atoms with Crippen LogP contribution in [-0.2, 0) is 13.2 Å². The van der Waals surface area contributed by atoms with E-state index in [0.29, 0.717) is 5.88 Å². The fourth-order valence-electron chi connectivity index (χ4n) is 1.58. The highest BCUT2D eigenvalue weighted by atomic mass is 32.1. The smallest absolute Gasteiger partial charge is 0.417 e. The van der Waals surface area contributed by atoms with Crippen molar-refractivity contribution in [2.24, 2.45) is 7.05 Å². The van der Waals surface area contributed by atoms with E-state index < -0.39 is 23.1 Å². The van der Waals surface area contributed by atoms with Crippen LogP contribution in [0.2, 0.25) is 0 Å². The van der Waals surface area contributed by atoms with Crippen LogP contribution in [0.25, 0.3) is 0 Å². The van der Waals surface area contributed by atoms with Crippen molar-refractivity contribution in [3.63, 3.8) is 0 Å². The molecule has 0 radical (unpaired) electrons. The van der Waals surface area contributed by atoms with Crippen molar-refractivity contribution in [3.8, 4) is 5.88 Å². The number of ether oxygens (including phenoxy) is 1. The number of halogens is 3. The van der Waals surface area contributed by atoms with Gasteiger partial charge in [0.25, 0.3) is 0 Å². The van der Waals surface area contributed by atoms with Gasteiger partial charge in [0, 0.05) is 29.4 Å². The van der Waals surface area contributed by atoms with Gasteiger partial charge in [-0.1, -0.05) is 0 Å². The summed E-state index contributed by atoms with van der Waals surface area (Å²) in [5, 5.41) is 5.92. The second-order valence-corrected chi connectivity index (χ2v) is 4.47. The Morgan fingerprint density at radius 2 is 2.11 bits per heavy atom. The number of ketones is 1. The van der Waals surface area contributed by atoms with Crippen molar-refractivity contribution in [1.82, 2.24) is 9.78 Å².